The predicted octanol–water partition coefficient (Wildman–Crippen LogP) is 5.46. The average Bonchev–Trinajstić information content (AvgIpc) is 2.62. The van der Waals surface area contributed by atoms with Crippen LogP contribution in [0.4, 0.5) is 0 Å². The van der Waals surface area contributed by atoms with Gasteiger partial charge in [-0.15, -0.1) is 0 Å². The Hall–Kier alpha value is -2.87. The molecule has 0 atom stereocenters. The summed E-state index contributed by atoms with van der Waals surface area (Å²) in [6.45, 7) is 4.16. The van der Waals surface area contributed by atoms with Crippen molar-refractivity contribution in [2.24, 2.45) is 0 Å². The van der Waals surface area contributed by atoms with Crippen molar-refractivity contribution in [3.63, 3.8) is 0 Å². The van der Waals surface area contributed by atoms with Crippen LogP contribution in [0.15, 0.2) is 72.9 Å². The molecule has 0 aliphatic heterocycles. The standard InChI is InChI=1S/C22H21NO/c1-3-21(17-7-5-4-6-8-17)22(18-11-13-20(24)14-12-18)19-10-9-16(2)23-15-19/h4-15,24H,3H2,1-2H3/b22-21-. The summed E-state index contributed by atoms with van der Waals surface area (Å²) < 4.78 is 0. The molecule has 1 aromatic heterocycles. The van der Waals surface area contributed by atoms with Crippen LogP contribution in [0.5, 0.6) is 5.75 Å². The van der Waals surface area contributed by atoms with Crippen LogP contribution in [0, 0.1) is 6.92 Å². The van der Waals surface area contributed by atoms with E-state index in [1.807, 2.05) is 37.4 Å². The number of phenolic OH excluding ortho intramolecular Hbond substituents is 1. The zero-order chi connectivity index (χ0) is 16.9. The number of rotatable bonds is 4. The molecule has 3 rings (SSSR count). The zero-order valence-corrected chi connectivity index (χ0v) is 14.0. The highest BCUT2D eigenvalue weighted by Crippen LogP contribution is 2.34. The Morgan fingerprint density at radius 3 is 2.08 bits per heavy atom. The van der Waals surface area contributed by atoms with Crippen LogP contribution in [0.2, 0.25) is 0 Å². The number of aromatic nitrogens is 1. The number of nitrogens with zero attached hydrogens (tertiary/aromatic N) is 1. The molecule has 0 unspecified atom stereocenters. The van der Waals surface area contributed by atoms with Gasteiger partial charge in [0.1, 0.15) is 5.75 Å². The summed E-state index contributed by atoms with van der Waals surface area (Å²) in [6, 6.07) is 22.0. The first-order valence-corrected chi connectivity index (χ1v) is 8.20. The van der Waals surface area contributed by atoms with Crippen molar-refractivity contribution < 1.29 is 5.11 Å². The second-order valence-electron chi connectivity index (χ2n) is 5.81. The lowest BCUT2D eigenvalue weighted by atomic mass is 9.89. The van der Waals surface area contributed by atoms with E-state index in [0.29, 0.717) is 0 Å². The number of benzene rings is 2. The molecule has 3 aromatic rings. The van der Waals surface area contributed by atoms with Gasteiger partial charge in [-0.2, -0.15) is 0 Å². The maximum absolute atomic E-state index is 9.63. The van der Waals surface area contributed by atoms with Crippen LogP contribution < -0.4 is 0 Å². The molecule has 0 saturated heterocycles. The van der Waals surface area contributed by atoms with Crippen molar-refractivity contribution in [1.29, 1.82) is 0 Å². The molecule has 24 heavy (non-hydrogen) atoms. The minimum absolute atomic E-state index is 0.276. The molecule has 0 bridgehead atoms. The second kappa shape index (κ2) is 7.14. The van der Waals surface area contributed by atoms with Crippen LogP contribution in [0.25, 0.3) is 11.1 Å². The number of aryl methyl sites for hydroxylation is 1. The van der Waals surface area contributed by atoms with E-state index >= 15 is 0 Å². The van der Waals surface area contributed by atoms with Crippen LogP contribution in [0.3, 0.4) is 0 Å². The molecule has 0 aliphatic carbocycles. The highest BCUT2D eigenvalue weighted by molar-refractivity contribution is 5.98. The van der Waals surface area contributed by atoms with Crippen LogP contribution in [-0.2, 0) is 0 Å². The Bertz CT molecular complexity index is 784. The molecule has 1 N–H and O–H groups in total. The Balaban J connectivity index is 2.26. The van der Waals surface area contributed by atoms with Crippen molar-refractivity contribution >= 4 is 11.1 Å². The fraction of sp³-hybridized carbons (Fsp3) is 0.136. The summed E-state index contributed by atoms with van der Waals surface area (Å²) in [4.78, 5) is 4.47. The lowest BCUT2D eigenvalue weighted by Gasteiger charge is -2.16. The number of pyridine rings is 1. The molecule has 2 nitrogen and oxygen atoms in total. The third kappa shape index (κ3) is 3.38. The zero-order valence-electron chi connectivity index (χ0n) is 14.0. The van der Waals surface area contributed by atoms with E-state index in [9.17, 15) is 5.11 Å². The number of allylic oxidation sites excluding steroid dienone is 1. The molecular weight excluding hydrogens is 294 g/mol. The highest BCUT2D eigenvalue weighted by Gasteiger charge is 2.13. The smallest absolute Gasteiger partial charge is 0.115 e. The topological polar surface area (TPSA) is 33.1 Å². The van der Waals surface area contributed by atoms with E-state index in [-0.39, 0.29) is 5.75 Å². The lowest BCUT2D eigenvalue weighted by Crippen LogP contribution is -1.96. The lowest BCUT2D eigenvalue weighted by molar-refractivity contribution is 0.475. The summed E-state index contributed by atoms with van der Waals surface area (Å²) in [5, 5.41) is 9.63. The highest BCUT2D eigenvalue weighted by atomic mass is 16.3. The van der Waals surface area contributed by atoms with Gasteiger partial charge in [0.2, 0.25) is 0 Å². The molecule has 2 heteroatoms. The minimum atomic E-state index is 0.276. The maximum atomic E-state index is 9.63. The number of phenols is 1. The van der Waals surface area contributed by atoms with Gasteiger partial charge in [0.25, 0.3) is 0 Å². The fourth-order valence-corrected chi connectivity index (χ4v) is 2.92. The van der Waals surface area contributed by atoms with Crippen LogP contribution in [0.1, 0.15) is 35.7 Å². The van der Waals surface area contributed by atoms with E-state index in [0.717, 1.165) is 28.8 Å². The van der Waals surface area contributed by atoms with Gasteiger partial charge in [-0.3, -0.25) is 4.98 Å². The van der Waals surface area contributed by atoms with Gasteiger partial charge >= 0.3 is 0 Å². The minimum Gasteiger partial charge on any atom is -0.508 e. The molecule has 0 fully saturated rings. The maximum Gasteiger partial charge on any atom is 0.115 e. The van der Waals surface area contributed by atoms with Gasteiger partial charge in [-0.1, -0.05) is 55.5 Å². The van der Waals surface area contributed by atoms with E-state index in [1.54, 1.807) is 12.1 Å². The van der Waals surface area contributed by atoms with Crippen LogP contribution in [-0.4, -0.2) is 10.1 Å². The third-order valence-corrected chi connectivity index (χ3v) is 4.13. The summed E-state index contributed by atoms with van der Waals surface area (Å²) in [5.41, 5.74) is 6.82. The SMILES string of the molecule is CC/C(=C(\c1ccc(O)cc1)c1ccc(C)nc1)c1ccccc1. The molecule has 0 radical (unpaired) electrons. The molecule has 120 valence electrons. The summed E-state index contributed by atoms with van der Waals surface area (Å²) in [6.07, 6.45) is 2.84. The van der Waals surface area contributed by atoms with E-state index in [2.05, 4.69) is 42.2 Å². The first kappa shape index (κ1) is 16.0. The Morgan fingerprint density at radius 1 is 0.833 bits per heavy atom. The summed E-state index contributed by atoms with van der Waals surface area (Å²) in [5.74, 6) is 0.276. The molecule has 0 spiro atoms. The number of hydrogen-bond donors (Lipinski definition) is 1. The van der Waals surface area contributed by atoms with Crippen molar-refractivity contribution in [3.8, 4) is 5.75 Å². The van der Waals surface area contributed by atoms with Gasteiger partial charge in [-0.05, 0) is 53.8 Å². The van der Waals surface area contributed by atoms with Gasteiger partial charge in [0.15, 0.2) is 0 Å². The Labute approximate surface area is 143 Å². The molecule has 1 heterocycles. The molecule has 0 amide bonds. The third-order valence-electron chi connectivity index (χ3n) is 4.13. The van der Waals surface area contributed by atoms with Gasteiger partial charge in [-0.25, -0.2) is 0 Å². The second-order valence-corrected chi connectivity index (χ2v) is 5.81. The van der Waals surface area contributed by atoms with Crippen LogP contribution >= 0.6 is 0 Å². The predicted molar refractivity (Wildman–Crippen MR) is 99.7 cm³/mol. The molecule has 0 saturated carbocycles. The van der Waals surface area contributed by atoms with Crippen molar-refractivity contribution in [3.05, 3.63) is 95.3 Å². The average molecular weight is 315 g/mol. The first-order chi connectivity index (χ1) is 11.7. The Kier molecular flexibility index (Phi) is 4.76. The summed E-state index contributed by atoms with van der Waals surface area (Å²) in [7, 11) is 0. The van der Waals surface area contributed by atoms with Crippen molar-refractivity contribution in [2.45, 2.75) is 20.3 Å². The Morgan fingerprint density at radius 2 is 1.50 bits per heavy atom. The molecule has 0 aliphatic rings. The van der Waals surface area contributed by atoms with E-state index in [4.69, 9.17) is 0 Å². The molecular formula is C22H21NO. The normalized spacial score (nSPS) is 11.9. The quantitative estimate of drug-likeness (QED) is 0.648. The number of aromatic hydroxyl groups is 1. The monoisotopic (exact) mass is 315 g/mol. The van der Waals surface area contributed by atoms with Gasteiger partial charge in [0.05, 0.1) is 0 Å². The van der Waals surface area contributed by atoms with E-state index < -0.39 is 0 Å². The fourth-order valence-electron chi connectivity index (χ4n) is 2.92. The first-order valence-electron chi connectivity index (χ1n) is 8.20. The van der Waals surface area contributed by atoms with Crippen molar-refractivity contribution in [1.82, 2.24) is 4.98 Å². The largest absolute Gasteiger partial charge is 0.508 e. The summed E-state index contributed by atoms with van der Waals surface area (Å²) >= 11 is 0. The van der Waals surface area contributed by atoms with Crippen molar-refractivity contribution in [2.75, 3.05) is 0 Å². The van der Waals surface area contributed by atoms with Gasteiger partial charge < -0.3 is 5.11 Å². The van der Waals surface area contributed by atoms with Gasteiger partial charge in [0, 0.05) is 17.5 Å². The number of hydrogen-bond acceptors (Lipinski definition) is 2. The van der Waals surface area contributed by atoms with E-state index in [1.165, 1.54) is 11.1 Å². The molecule has 2 aromatic carbocycles.